The molecule has 0 spiro atoms. The third-order valence-corrected chi connectivity index (χ3v) is 1.97. The van der Waals surface area contributed by atoms with E-state index in [1.54, 1.807) is 0 Å². The van der Waals surface area contributed by atoms with E-state index in [1.165, 1.54) is 11.1 Å². The molecule has 16 heavy (non-hydrogen) atoms. The van der Waals surface area contributed by atoms with Crippen molar-refractivity contribution in [2.45, 2.75) is 40.5 Å². The van der Waals surface area contributed by atoms with Gasteiger partial charge in [-0.25, -0.2) is 0 Å². The summed E-state index contributed by atoms with van der Waals surface area (Å²) in [4.78, 5) is 8.00. The molecule has 0 aliphatic rings. The van der Waals surface area contributed by atoms with Gasteiger partial charge in [0.1, 0.15) is 6.79 Å². The number of allylic oxidation sites excluding steroid dienone is 1. The van der Waals surface area contributed by atoms with E-state index in [0.717, 1.165) is 12.8 Å². The van der Waals surface area contributed by atoms with Gasteiger partial charge in [0, 0.05) is 0 Å². The molecule has 0 atom stereocenters. The van der Waals surface area contributed by atoms with E-state index in [2.05, 4.69) is 50.3 Å². The summed E-state index contributed by atoms with van der Waals surface area (Å²) < 4.78 is 0. The topological polar surface area (TPSA) is 17.1 Å². The Labute approximate surface area is 100 Å². The second kappa shape index (κ2) is 13.6. The Kier molecular flexibility index (Phi) is 14.5. The minimum atomic E-state index is 1.11. The first-order valence-electron chi connectivity index (χ1n) is 5.91. The highest BCUT2D eigenvalue weighted by molar-refractivity contribution is 5.53. The zero-order valence-corrected chi connectivity index (χ0v) is 11.0. The summed E-state index contributed by atoms with van der Waals surface area (Å²) in [6.45, 7) is 10.4. The molecule has 0 saturated heterocycles. The van der Waals surface area contributed by atoms with E-state index in [4.69, 9.17) is 4.79 Å². The lowest BCUT2D eigenvalue weighted by atomic mass is 10.0. The van der Waals surface area contributed by atoms with E-state index in [9.17, 15) is 0 Å². The summed E-state index contributed by atoms with van der Waals surface area (Å²) in [6, 6.07) is 8.55. The first kappa shape index (κ1) is 17.0. The fourth-order valence-corrected chi connectivity index (χ4v) is 1.26. The number of hydrogen-bond donors (Lipinski definition) is 0. The van der Waals surface area contributed by atoms with Gasteiger partial charge in [0.05, 0.1) is 0 Å². The Hall–Kier alpha value is -1.37. The van der Waals surface area contributed by atoms with Gasteiger partial charge in [-0.1, -0.05) is 64.1 Å². The molecule has 1 rings (SSSR count). The predicted molar refractivity (Wildman–Crippen MR) is 73.6 cm³/mol. The Morgan fingerprint density at radius 1 is 1.12 bits per heavy atom. The molecule has 1 aromatic rings. The summed E-state index contributed by atoms with van der Waals surface area (Å²) in [6.07, 6.45) is 6.63. The SMILES string of the molecule is C=O.CC.CC/C=C\c1ccccc1CC. The average Bonchev–Trinajstić information content (AvgIpc) is 2.41. The second-order valence-electron chi connectivity index (χ2n) is 2.86. The first-order valence-corrected chi connectivity index (χ1v) is 5.91. The highest BCUT2D eigenvalue weighted by Crippen LogP contribution is 2.11. The molecule has 0 amide bonds. The quantitative estimate of drug-likeness (QED) is 0.732. The maximum absolute atomic E-state index is 8.00. The van der Waals surface area contributed by atoms with Crippen molar-refractivity contribution in [2.24, 2.45) is 0 Å². The molecule has 0 aliphatic carbocycles. The number of aryl methyl sites for hydroxylation is 1. The molecule has 1 heteroatoms. The third-order valence-electron chi connectivity index (χ3n) is 1.97. The van der Waals surface area contributed by atoms with Crippen molar-refractivity contribution < 1.29 is 4.79 Å². The predicted octanol–water partition coefficient (Wildman–Crippen LogP) is 4.51. The number of hydrogen-bond acceptors (Lipinski definition) is 1. The maximum Gasteiger partial charge on any atom is 0.106 e. The first-order chi connectivity index (χ1) is 7.88. The minimum Gasteiger partial charge on any atom is -0.307 e. The van der Waals surface area contributed by atoms with E-state index in [1.807, 2.05) is 20.6 Å². The van der Waals surface area contributed by atoms with Gasteiger partial charge in [-0.15, -0.1) is 0 Å². The monoisotopic (exact) mass is 220 g/mol. The second-order valence-corrected chi connectivity index (χ2v) is 2.86. The lowest BCUT2D eigenvalue weighted by Gasteiger charge is -2.00. The van der Waals surface area contributed by atoms with Crippen molar-refractivity contribution in [2.75, 3.05) is 0 Å². The van der Waals surface area contributed by atoms with Crippen molar-refractivity contribution in [3.8, 4) is 0 Å². The maximum atomic E-state index is 8.00. The van der Waals surface area contributed by atoms with Crippen LogP contribution in [0.1, 0.15) is 45.2 Å². The summed E-state index contributed by atoms with van der Waals surface area (Å²) in [7, 11) is 0. The van der Waals surface area contributed by atoms with Crippen molar-refractivity contribution >= 4 is 12.9 Å². The van der Waals surface area contributed by atoms with Gasteiger partial charge in [-0.2, -0.15) is 0 Å². The molecule has 0 radical (unpaired) electrons. The van der Waals surface area contributed by atoms with Crippen LogP contribution in [0.15, 0.2) is 30.3 Å². The molecule has 0 unspecified atom stereocenters. The van der Waals surface area contributed by atoms with Crippen molar-refractivity contribution in [3.63, 3.8) is 0 Å². The highest BCUT2D eigenvalue weighted by Gasteiger charge is 1.93. The van der Waals surface area contributed by atoms with E-state index in [-0.39, 0.29) is 0 Å². The van der Waals surface area contributed by atoms with E-state index in [0.29, 0.717) is 0 Å². The molecule has 1 nitrogen and oxygen atoms in total. The molecule has 0 aliphatic heterocycles. The zero-order valence-electron chi connectivity index (χ0n) is 11.0. The Bertz CT molecular complexity index is 277. The number of carbonyl (C=O) groups is 1. The molecular weight excluding hydrogens is 196 g/mol. The van der Waals surface area contributed by atoms with E-state index < -0.39 is 0 Å². The molecule has 1 aromatic carbocycles. The largest absolute Gasteiger partial charge is 0.307 e. The van der Waals surface area contributed by atoms with Crippen LogP contribution in [0.4, 0.5) is 0 Å². The molecule has 0 bridgehead atoms. The normalized spacial score (nSPS) is 8.75. The van der Waals surface area contributed by atoms with Crippen LogP contribution in [0, 0.1) is 0 Å². The fourth-order valence-electron chi connectivity index (χ4n) is 1.26. The highest BCUT2D eigenvalue weighted by atomic mass is 16.1. The number of rotatable bonds is 3. The standard InChI is InChI=1S/C12H16.C2H6.CH2O/c1-3-5-8-12-10-7-6-9-11(12)4-2;2*1-2/h5-10H,3-4H2,1-2H3;1-2H3;1H2/b8-5-;;. The number of carbonyl (C=O) groups excluding carboxylic acids is 1. The summed E-state index contributed by atoms with van der Waals surface area (Å²) in [5.74, 6) is 0. The molecule has 90 valence electrons. The Morgan fingerprint density at radius 3 is 2.19 bits per heavy atom. The lowest BCUT2D eigenvalue weighted by Crippen LogP contribution is -1.83. The smallest absolute Gasteiger partial charge is 0.106 e. The van der Waals surface area contributed by atoms with Gasteiger partial charge in [0.15, 0.2) is 0 Å². The van der Waals surface area contributed by atoms with Crippen molar-refractivity contribution in [3.05, 3.63) is 41.5 Å². The van der Waals surface area contributed by atoms with Crippen LogP contribution in [0.25, 0.3) is 6.08 Å². The molecule has 0 N–H and O–H groups in total. The number of benzene rings is 1. The van der Waals surface area contributed by atoms with Crippen LogP contribution >= 0.6 is 0 Å². The zero-order chi connectivity index (χ0) is 12.8. The molecule has 0 saturated carbocycles. The fraction of sp³-hybridized carbons (Fsp3) is 0.400. The molecule has 0 fully saturated rings. The van der Waals surface area contributed by atoms with Crippen LogP contribution in [0.5, 0.6) is 0 Å². The Balaban J connectivity index is 0. The molecule has 0 aromatic heterocycles. The van der Waals surface area contributed by atoms with Crippen LogP contribution in [-0.2, 0) is 11.2 Å². The van der Waals surface area contributed by atoms with Crippen LogP contribution in [0.3, 0.4) is 0 Å². The van der Waals surface area contributed by atoms with Gasteiger partial charge in [-0.3, -0.25) is 0 Å². The average molecular weight is 220 g/mol. The van der Waals surface area contributed by atoms with Gasteiger partial charge >= 0.3 is 0 Å². The summed E-state index contributed by atoms with van der Waals surface area (Å²) in [5, 5.41) is 0. The Morgan fingerprint density at radius 2 is 1.69 bits per heavy atom. The minimum absolute atomic E-state index is 1.11. The van der Waals surface area contributed by atoms with Crippen LogP contribution < -0.4 is 0 Å². The van der Waals surface area contributed by atoms with Crippen molar-refractivity contribution in [1.29, 1.82) is 0 Å². The summed E-state index contributed by atoms with van der Waals surface area (Å²) in [5.41, 5.74) is 2.80. The van der Waals surface area contributed by atoms with Crippen LogP contribution in [0.2, 0.25) is 0 Å². The lowest BCUT2D eigenvalue weighted by molar-refractivity contribution is -0.0979. The van der Waals surface area contributed by atoms with Gasteiger partial charge in [0.25, 0.3) is 0 Å². The summed E-state index contributed by atoms with van der Waals surface area (Å²) >= 11 is 0. The molecule has 0 heterocycles. The van der Waals surface area contributed by atoms with E-state index >= 15 is 0 Å². The van der Waals surface area contributed by atoms with Gasteiger partial charge in [0.2, 0.25) is 0 Å². The van der Waals surface area contributed by atoms with Gasteiger partial charge in [-0.05, 0) is 24.0 Å². The third kappa shape index (κ3) is 6.99. The van der Waals surface area contributed by atoms with Gasteiger partial charge < -0.3 is 4.79 Å². The van der Waals surface area contributed by atoms with Crippen molar-refractivity contribution in [1.82, 2.24) is 0 Å². The molecular formula is C15H24O. The van der Waals surface area contributed by atoms with Crippen LogP contribution in [-0.4, -0.2) is 6.79 Å².